The third-order valence-corrected chi connectivity index (χ3v) is 16.6. The van der Waals surface area contributed by atoms with Gasteiger partial charge in [0.05, 0.1) is 19.8 Å². The first kappa shape index (κ1) is 74.4. The molecule has 2 aliphatic heterocycles. The van der Waals surface area contributed by atoms with Gasteiger partial charge in [0, 0.05) is 12.8 Å². The molecule has 3 fully saturated rings. The van der Waals surface area contributed by atoms with E-state index in [0.717, 1.165) is 77.0 Å². The highest BCUT2D eigenvalue weighted by Gasteiger charge is 2.58. The van der Waals surface area contributed by atoms with Gasteiger partial charge < -0.3 is 89.5 Å². The van der Waals surface area contributed by atoms with Crippen LogP contribution >= 0.6 is 7.82 Å². The predicted molar refractivity (Wildman–Crippen MR) is 300 cm³/mol. The number of carbonyl (C=O) groups is 2. The fraction of sp³-hybridized carbons (Fsp3) is 0.931. The lowest BCUT2D eigenvalue weighted by molar-refractivity contribution is -0.360. The van der Waals surface area contributed by atoms with Crippen LogP contribution in [0.5, 0.6) is 0 Å². The van der Waals surface area contributed by atoms with E-state index in [1.54, 1.807) is 0 Å². The summed E-state index contributed by atoms with van der Waals surface area (Å²) >= 11 is 0. The van der Waals surface area contributed by atoms with Crippen molar-refractivity contribution in [3.63, 3.8) is 0 Å². The van der Waals surface area contributed by atoms with Gasteiger partial charge in [0.2, 0.25) is 0 Å². The average Bonchev–Trinajstić information content (AvgIpc) is 3.50. The van der Waals surface area contributed by atoms with Crippen LogP contribution < -0.4 is 0 Å². The Morgan fingerprint density at radius 1 is 0.451 bits per heavy atom. The van der Waals surface area contributed by atoms with Crippen molar-refractivity contribution in [2.75, 3.05) is 26.4 Å². The summed E-state index contributed by atoms with van der Waals surface area (Å²) in [6.45, 7) is 1.02. The zero-order valence-electron chi connectivity index (χ0n) is 49.0. The highest BCUT2D eigenvalue weighted by molar-refractivity contribution is 7.47. The Morgan fingerprint density at radius 2 is 0.805 bits per heavy atom. The molecule has 1 saturated carbocycles. The van der Waals surface area contributed by atoms with Gasteiger partial charge in [-0.05, 0) is 38.5 Å². The first-order chi connectivity index (χ1) is 39.4. The van der Waals surface area contributed by atoms with Crippen molar-refractivity contribution in [1.29, 1.82) is 0 Å². The summed E-state index contributed by atoms with van der Waals surface area (Å²) in [5.74, 6) is -1.33. The molecule has 0 spiro atoms. The molecule has 1 aliphatic carbocycles. The molecule has 82 heavy (non-hydrogen) atoms. The molecule has 0 aromatic heterocycles. The smallest absolute Gasteiger partial charge is 0.462 e. The molecule has 0 aromatic carbocycles. The fourth-order valence-electron chi connectivity index (χ4n) is 10.4. The molecule has 0 bridgehead atoms. The van der Waals surface area contributed by atoms with E-state index in [-0.39, 0.29) is 12.8 Å². The van der Waals surface area contributed by atoms with E-state index in [4.69, 9.17) is 37.5 Å². The Kier molecular flexibility index (Phi) is 39.0. The van der Waals surface area contributed by atoms with E-state index >= 15 is 0 Å². The lowest BCUT2D eigenvalue weighted by Crippen LogP contribution is -2.69. The van der Waals surface area contributed by atoms with E-state index in [0.29, 0.717) is 12.8 Å². The van der Waals surface area contributed by atoms with E-state index in [9.17, 15) is 75.2 Å². The molecular formula is C58H107O23P. The molecule has 16 atom stereocenters. The molecule has 3 rings (SSSR count). The van der Waals surface area contributed by atoms with Crippen LogP contribution in [-0.2, 0) is 51.6 Å². The molecule has 0 amide bonds. The summed E-state index contributed by atoms with van der Waals surface area (Å²) in [7, 11) is -5.64. The number of unbranched alkanes of at least 4 members (excludes halogenated alkanes) is 26. The summed E-state index contributed by atoms with van der Waals surface area (Å²) in [5, 5.41) is 117. The monoisotopic (exact) mass is 1200 g/mol. The Bertz CT molecular complexity index is 1680. The van der Waals surface area contributed by atoms with Crippen LogP contribution in [0.1, 0.15) is 213 Å². The topological polar surface area (TPSA) is 368 Å². The quantitative estimate of drug-likeness (QED) is 0.0163. The summed E-state index contributed by atoms with van der Waals surface area (Å²) in [5.41, 5.74) is 0. The van der Waals surface area contributed by atoms with Crippen molar-refractivity contribution < 1.29 is 113 Å². The van der Waals surface area contributed by atoms with Crippen molar-refractivity contribution in [1.82, 2.24) is 0 Å². The maximum absolute atomic E-state index is 14.1. The van der Waals surface area contributed by atoms with Crippen LogP contribution in [0.2, 0.25) is 0 Å². The number of aliphatic hydroxyl groups excluding tert-OH is 11. The zero-order valence-corrected chi connectivity index (χ0v) is 49.9. The molecule has 16 unspecified atom stereocenters. The fourth-order valence-corrected chi connectivity index (χ4v) is 11.4. The largest absolute Gasteiger partial charge is 0.472 e. The molecule has 482 valence electrons. The number of hydrogen-bond acceptors (Lipinski definition) is 22. The Balaban J connectivity index is 1.67. The molecular weight excluding hydrogens is 1100 g/mol. The third kappa shape index (κ3) is 27.9. The van der Waals surface area contributed by atoms with Crippen LogP contribution in [0.15, 0.2) is 12.2 Å². The summed E-state index contributed by atoms with van der Waals surface area (Å²) in [6, 6.07) is 0. The van der Waals surface area contributed by atoms with Gasteiger partial charge in [-0.15, -0.1) is 0 Å². The van der Waals surface area contributed by atoms with Gasteiger partial charge in [0.15, 0.2) is 18.7 Å². The number of rotatable bonds is 46. The van der Waals surface area contributed by atoms with Crippen molar-refractivity contribution in [3.8, 4) is 0 Å². The van der Waals surface area contributed by atoms with Crippen LogP contribution in [0, 0.1) is 0 Å². The third-order valence-electron chi connectivity index (χ3n) is 15.6. The Labute approximate surface area is 486 Å². The first-order valence-corrected chi connectivity index (χ1v) is 32.5. The Morgan fingerprint density at radius 3 is 1.21 bits per heavy atom. The number of allylic oxidation sites excluding steroid dienone is 2. The lowest BCUT2D eigenvalue weighted by atomic mass is 9.84. The normalized spacial score (nSPS) is 30.8. The van der Waals surface area contributed by atoms with E-state index in [2.05, 4.69) is 26.0 Å². The van der Waals surface area contributed by atoms with Crippen LogP contribution in [0.25, 0.3) is 0 Å². The molecule has 2 saturated heterocycles. The molecule has 12 N–H and O–H groups in total. The highest BCUT2D eigenvalue weighted by atomic mass is 31.2. The second-order valence-electron chi connectivity index (χ2n) is 22.6. The molecule has 0 radical (unpaired) electrons. The van der Waals surface area contributed by atoms with Gasteiger partial charge in [-0.3, -0.25) is 18.6 Å². The number of phosphoric acid groups is 1. The number of ether oxygens (including phenoxy) is 6. The predicted octanol–water partition coefficient (Wildman–Crippen LogP) is 5.10. The SMILES string of the molecule is CCCCCCC=CCCCCCCCCCC(=O)OC(COC(=O)CCCCCCCCCCCCCCCCCC)COP(=O)(O)OC1C(OC2OC(CO)C(O)C(O)C2O)C(O)C(O)C(O)C1OC1OC(CO)C(O)C(O)C1O. The number of phosphoric ester groups is 1. The summed E-state index contributed by atoms with van der Waals surface area (Å²) in [6.07, 6.45) is 1.77. The first-order valence-electron chi connectivity index (χ1n) is 31.0. The van der Waals surface area contributed by atoms with Gasteiger partial charge in [-0.1, -0.05) is 174 Å². The maximum atomic E-state index is 14.1. The minimum Gasteiger partial charge on any atom is -0.462 e. The van der Waals surface area contributed by atoms with Gasteiger partial charge in [-0.25, -0.2) is 4.57 Å². The van der Waals surface area contributed by atoms with E-state index in [1.807, 2.05) is 0 Å². The average molecular weight is 1200 g/mol. The van der Waals surface area contributed by atoms with Crippen molar-refractivity contribution in [2.24, 2.45) is 0 Å². The van der Waals surface area contributed by atoms with Crippen LogP contribution in [0.4, 0.5) is 0 Å². The van der Waals surface area contributed by atoms with Crippen molar-refractivity contribution in [3.05, 3.63) is 12.2 Å². The van der Waals surface area contributed by atoms with Gasteiger partial charge in [0.25, 0.3) is 0 Å². The Hall–Kier alpha value is -1.81. The highest BCUT2D eigenvalue weighted by Crippen LogP contribution is 2.49. The number of carbonyl (C=O) groups excluding carboxylic acids is 2. The second-order valence-corrected chi connectivity index (χ2v) is 24.0. The molecule has 23 nitrogen and oxygen atoms in total. The van der Waals surface area contributed by atoms with Crippen molar-refractivity contribution in [2.45, 2.75) is 317 Å². The van der Waals surface area contributed by atoms with Crippen LogP contribution in [0.3, 0.4) is 0 Å². The van der Waals surface area contributed by atoms with Gasteiger partial charge in [0.1, 0.15) is 92.1 Å². The molecule has 3 aliphatic rings. The summed E-state index contributed by atoms with van der Waals surface area (Å²) in [4.78, 5) is 37.6. The molecule has 2 heterocycles. The standard InChI is InChI=1S/C58H107O23P/c1-3-5-7-9-11-13-15-17-19-21-22-24-26-28-30-32-34-43(61)74-38-40(76-44(62)35-33-31-29-27-25-23-20-18-16-14-12-10-8-6-4-2)39-75-82(72,73)81-56-54(79-57-52(70)47(65)45(63)41(36-59)77-57)50(68)49(67)51(69)55(56)80-58-53(71)48(66)46(64)42(37-60)78-58/h14,16,40-42,45-60,63-71H,3-13,15,17-39H2,1-2H3,(H,72,73). The number of esters is 2. The molecule has 24 heteroatoms. The zero-order chi connectivity index (χ0) is 60.3. The number of aliphatic hydroxyl groups is 11. The maximum Gasteiger partial charge on any atom is 0.472 e. The minimum absolute atomic E-state index is 0.0336. The lowest BCUT2D eigenvalue weighted by Gasteiger charge is -2.49. The second kappa shape index (κ2) is 42.9. The van der Waals surface area contributed by atoms with E-state index < -0.39 is 150 Å². The van der Waals surface area contributed by atoms with Crippen LogP contribution in [-0.4, -0.2) is 204 Å². The number of hydrogen-bond donors (Lipinski definition) is 12. The van der Waals surface area contributed by atoms with Crippen molar-refractivity contribution >= 4 is 19.8 Å². The van der Waals surface area contributed by atoms with Gasteiger partial charge >= 0.3 is 19.8 Å². The van der Waals surface area contributed by atoms with E-state index in [1.165, 1.54) is 96.3 Å². The van der Waals surface area contributed by atoms with Gasteiger partial charge in [-0.2, -0.15) is 0 Å². The minimum atomic E-state index is -5.64. The molecule has 0 aromatic rings. The summed E-state index contributed by atoms with van der Waals surface area (Å²) < 4.78 is 58.2.